The highest BCUT2D eigenvalue weighted by atomic mass is 16.5. The topological polar surface area (TPSA) is 29.5 Å². The largest absolute Gasteiger partial charge is 0.466 e. The molecule has 1 saturated heterocycles. The molecular formula is C13H23NO2. The summed E-state index contributed by atoms with van der Waals surface area (Å²) >= 11 is 0. The predicted octanol–water partition coefficient (Wildman–Crippen LogP) is 2.23. The molecule has 1 aliphatic rings. The first kappa shape index (κ1) is 13.2. The number of likely N-dealkylation sites (tertiary alicyclic amines) is 1. The van der Waals surface area contributed by atoms with E-state index in [0.717, 1.165) is 19.6 Å². The van der Waals surface area contributed by atoms with Gasteiger partial charge in [-0.3, -0.25) is 4.90 Å². The summed E-state index contributed by atoms with van der Waals surface area (Å²) in [5.41, 5.74) is 1.11. The van der Waals surface area contributed by atoms with Crippen LogP contribution >= 0.6 is 0 Å². The number of methoxy groups -OCH3 is 1. The third kappa shape index (κ3) is 3.97. The van der Waals surface area contributed by atoms with E-state index >= 15 is 0 Å². The Labute approximate surface area is 98.5 Å². The Morgan fingerprint density at radius 2 is 2.19 bits per heavy atom. The van der Waals surface area contributed by atoms with E-state index in [0.29, 0.717) is 11.0 Å². The second-order valence-electron chi connectivity index (χ2n) is 5.38. The first-order chi connectivity index (χ1) is 7.44. The zero-order chi connectivity index (χ0) is 12.2. The summed E-state index contributed by atoms with van der Waals surface area (Å²) in [6.45, 7) is 9.50. The van der Waals surface area contributed by atoms with Crippen molar-refractivity contribution in [3.63, 3.8) is 0 Å². The van der Waals surface area contributed by atoms with Gasteiger partial charge in [-0.15, -0.1) is 0 Å². The van der Waals surface area contributed by atoms with Crippen molar-refractivity contribution in [1.82, 2.24) is 4.90 Å². The molecule has 0 aromatic rings. The summed E-state index contributed by atoms with van der Waals surface area (Å²) in [7, 11) is 1.42. The Kier molecular flexibility index (Phi) is 4.54. The third-order valence-corrected chi connectivity index (χ3v) is 3.14. The second kappa shape index (κ2) is 5.48. The predicted molar refractivity (Wildman–Crippen MR) is 65.2 cm³/mol. The van der Waals surface area contributed by atoms with Crippen LogP contribution in [0.1, 0.15) is 33.6 Å². The van der Waals surface area contributed by atoms with Gasteiger partial charge in [0.1, 0.15) is 0 Å². The number of ether oxygens (including phenoxy) is 1. The highest BCUT2D eigenvalue weighted by molar-refractivity contribution is 5.87. The fourth-order valence-corrected chi connectivity index (χ4v) is 2.21. The summed E-state index contributed by atoms with van der Waals surface area (Å²) in [6, 6.07) is 0. The highest BCUT2D eigenvalue weighted by Crippen LogP contribution is 2.28. The van der Waals surface area contributed by atoms with Crippen LogP contribution in [-0.2, 0) is 9.53 Å². The van der Waals surface area contributed by atoms with Crippen molar-refractivity contribution in [3.05, 3.63) is 11.6 Å². The van der Waals surface area contributed by atoms with E-state index in [2.05, 4.69) is 23.5 Å². The molecule has 3 nitrogen and oxygen atoms in total. The first-order valence-electron chi connectivity index (χ1n) is 5.92. The van der Waals surface area contributed by atoms with Crippen molar-refractivity contribution in [3.8, 4) is 0 Å². The number of rotatable bonds is 3. The average Bonchev–Trinajstić information content (AvgIpc) is 2.23. The third-order valence-electron chi connectivity index (χ3n) is 3.14. The fourth-order valence-electron chi connectivity index (χ4n) is 2.21. The Balaban J connectivity index is 2.46. The lowest BCUT2D eigenvalue weighted by Crippen LogP contribution is -2.40. The van der Waals surface area contributed by atoms with Gasteiger partial charge in [-0.05, 0) is 31.7 Å². The van der Waals surface area contributed by atoms with Crippen molar-refractivity contribution in [1.29, 1.82) is 0 Å². The second-order valence-corrected chi connectivity index (χ2v) is 5.38. The number of carbonyl (C=O) groups excluding carboxylic acids is 1. The molecule has 1 fully saturated rings. The van der Waals surface area contributed by atoms with Gasteiger partial charge < -0.3 is 4.74 Å². The van der Waals surface area contributed by atoms with Crippen LogP contribution in [-0.4, -0.2) is 37.6 Å². The van der Waals surface area contributed by atoms with Gasteiger partial charge in [0.2, 0.25) is 0 Å². The molecule has 3 heteroatoms. The smallest absolute Gasteiger partial charge is 0.333 e. The van der Waals surface area contributed by atoms with Gasteiger partial charge in [0.05, 0.1) is 7.11 Å². The van der Waals surface area contributed by atoms with Crippen LogP contribution in [0.25, 0.3) is 0 Å². The summed E-state index contributed by atoms with van der Waals surface area (Å²) in [4.78, 5) is 13.6. The molecule has 1 heterocycles. The van der Waals surface area contributed by atoms with Gasteiger partial charge in [-0.2, -0.15) is 0 Å². The van der Waals surface area contributed by atoms with Gasteiger partial charge in [-0.25, -0.2) is 4.79 Å². The van der Waals surface area contributed by atoms with Crippen molar-refractivity contribution < 1.29 is 9.53 Å². The highest BCUT2D eigenvalue weighted by Gasteiger charge is 2.25. The van der Waals surface area contributed by atoms with Crippen molar-refractivity contribution in [2.24, 2.45) is 5.41 Å². The minimum atomic E-state index is -0.226. The Bertz CT molecular complexity index is 282. The number of carbonyl (C=O) groups is 1. The molecule has 0 bridgehead atoms. The number of esters is 1. The van der Waals surface area contributed by atoms with Crippen LogP contribution in [0.5, 0.6) is 0 Å². The molecule has 0 saturated carbocycles. The van der Waals surface area contributed by atoms with Crippen LogP contribution in [0.15, 0.2) is 11.6 Å². The molecule has 0 aromatic heterocycles. The molecule has 92 valence electrons. The average molecular weight is 225 g/mol. The van der Waals surface area contributed by atoms with Gasteiger partial charge in [0.15, 0.2) is 0 Å². The van der Waals surface area contributed by atoms with Crippen LogP contribution < -0.4 is 0 Å². The SMILES string of the molecule is COC(=O)C(C)=CCN1CCCC(C)(C)C1. The molecule has 1 aliphatic heterocycles. The summed E-state index contributed by atoms with van der Waals surface area (Å²) in [6.07, 6.45) is 4.51. The molecule has 0 aromatic carbocycles. The number of hydrogen-bond acceptors (Lipinski definition) is 3. The first-order valence-corrected chi connectivity index (χ1v) is 5.92. The fraction of sp³-hybridized carbons (Fsp3) is 0.769. The molecule has 0 aliphatic carbocycles. The number of hydrogen-bond donors (Lipinski definition) is 0. The molecule has 0 N–H and O–H groups in total. The van der Waals surface area contributed by atoms with E-state index in [1.54, 1.807) is 6.92 Å². The van der Waals surface area contributed by atoms with Crippen molar-refractivity contribution in [2.45, 2.75) is 33.6 Å². The maximum atomic E-state index is 11.2. The monoisotopic (exact) mass is 225 g/mol. The maximum Gasteiger partial charge on any atom is 0.333 e. The summed E-state index contributed by atoms with van der Waals surface area (Å²) in [5, 5.41) is 0. The van der Waals surface area contributed by atoms with Crippen LogP contribution in [0.3, 0.4) is 0 Å². The van der Waals surface area contributed by atoms with Gasteiger partial charge in [0.25, 0.3) is 0 Å². The maximum absolute atomic E-state index is 11.2. The van der Waals surface area contributed by atoms with Gasteiger partial charge in [-0.1, -0.05) is 19.9 Å². The molecule has 0 unspecified atom stereocenters. The van der Waals surface area contributed by atoms with Crippen LogP contribution in [0.4, 0.5) is 0 Å². The van der Waals surface area contributed by atoms with Crippen molar-refractivity contribution in [2.75, 3.05) is 26.7 Å². The molecule has 16 heavy (non-hydrogen) atoms. The lowest BCUT2D eigenvalue weighted by molar-refractivity contribution is -0.136. The Morgan fingerprint density at radius 1 is 1.50 bits per heavy atom. The van der Waals surface area contributed by atoms with Crippen LogP contribution in [0.2, 0.25) is 0 Å². The Hall–Kier alpha value is -0.830. The zero-order valence-electron chi connectivity index (χ0n) is 10.9. The minimum absolute atomic E-state index is 0.226. The standard InChI is InChI=1S/C13H23NO2/c1-11(12(15)16-4)6-9-14-8-5-7-13(2,3)10-14/h6H,5,7-10H2,1-4H3. The van der Waals surface area contributed by atoms with E-state index in [9.17, 15) is 4.79 Å². The zero-order valence-corrected chi connectivity index (χ0v) is 10.9. The molecule has 0 spiro atoms. The molecule has 0 amide bonds. The number of nitrogens with zero attached hydrogens (tertiary/aromatic N) is 1. The quantitative estimate of drug-likeness (QED) is 0.545. The minimum Gasteiger partial charge on any atom is -0.466 e. The molecule has 0 radical (unpaired) electrons. The van der Waals surface area contributed by atoms with E-state index in [-0.39, 0.29) is 5.97 Å². The lowest BCUT2D eigenvalue weighted by atomic mass is 9.84. The van der Waals surface area contributed by atoms with E-state index < -0.39 is 0 Å². The Morgan fingerprint density at radius 3 is 2.75 bits per heavy atom. The molecular weight excluding hydrogens is 202 g/mol. The summed E-state index contributed by atoms with van der Waals surface area (Å²) < 4.78 is 4.67. The van der Waals surface area contributed by atoms with E-state index in [1.165, 1.54) is 20.0 Å². The molecule has 0 atom stereocenters. The van der Waals surface area contributed by atoms with Gasteiger partial charge in [0, 0.05) is 18.7 Å². The number of piperidine rings is 1. The van der Waals surface area contributed by atoms with Crippen LogP contribution in [0, 0.1) is 5.41 Å². The van der Waals surface area contributed by atoms with Crippen molar-refractivity contribution >= 4 is 5.97 Å². The summed E-state index contributed by atoms with van der Waals surface area (Å²) in [5.74, 6) is -0.226. The van der Waals surface area contributed by atoms with Gasteiger partial charge >= 0.3 is 5.97 Å². The lowest BCUT2D eigenvalue weighted by Gasteiger charge is -2.37. The van der Waals surface area contributed by atoms with E-state index in [4.69, 9.17) is 0 Å². The van der Waals surface area contributed by atoms with E-state index in [1.807, 2.05) is 6.08 Å². The molecule has 1 rings (SSSR count). The normalized spacial score (nSPS) is 21.9.